The minimum atomic E-state index is -0.866. The molecule has 4 heteroatoms. The lowest BCUT2D eigenvalue weighted by atomic mass is 10.1. The topological polar surface area (TPSA) is 55.8 Å². The number of hydrogen-bond acceptors (Lipinski definition) is 4. The number of rotatable bonds is 2. The minimum absolute atomic E-state index is 0.0416. The number of carbonyl (C=O) groups is 1. The van der Waals surface area contributed by atoms with Crippen molar-refractivity contribution in [2.75, 3.05) is 6.61 Å². The van der Waals surface area contributed by atoms with Crippen molar-refractivity contribution >= 4 is 11.7 Å². The molecule has 1 N–H and O–H groups in total. The third-order valence-electron chi connectivity index (χ3n) is 2.25. The van der Waals surface area contributed by atoms with Gasteiger partial charge in [-0.15, -0.1) is 0 Å². The van der Waals surface area contributed by atoms with E-state index in [0.717, 1.165) is 0 Å². The molecule has 1 aliphatic rings. The predicted octanol–water partition coefficient (Wildman–Crippen LogP) is 1.91. The summed E-state index contributed by atoms with van der Waals surface area (Å²) >= 11 is 0. The molecule has 0 radical (unpaired) electrons. The van der Waals surface area contributed by atoms with E-state index in [1.54, 1.807) is 31.2 Å². The Hall–Kier alpha value is -1.97. The van der Waals surface area contributed by atoms with Crippen LogP contribution in [0.2, 0.25) is 0 Å². The highest BCUT2D eigenvalue weighted by Gasteiger charge is 2.26. The number of aliphatic hydroxyl groups is 1. The van der Waals surface area contributed by atoms with Gasteiger partial charge in [0.15, 0.2) is 0 Å². The van der Waals surface area contributed by atoms with Gasteiger partial charge in [0.05, 0.1) is 12.2 Å². The summed E-state index contributed by atoms with van der Waals surface area (Å²) in [6.45, 7) is 2.01. The smallest absolute Gasteiger partial charge is 0.351 e. The van der Waals surface area contributed by atoms with Gasteiger partial charge in [0, 0.05) is 6.08 Å². The molecule has 1 aromatic rings. The summed E-state index contributed by atoms with van der Waals surface area (Å²) in [4.78, 5) is 11.5. The zero-order chi connectivity index (χ0) is 11.5. The van der Waals surface area contributed by atoms with Crippen LogP contribution in [0.1, 0.15) is 12.5 Å². The van der Waals surface area contributed by atoms with Gasteiger partial charge in [-0.25, -0.2) is 4.79 Å². The molecule has 4 nitrogen and oxygen atoms in total. The van der Waals surface area contributed by atoms with Gasteiger partial charge in [-0.2, -0.15) is 0 Å². The maximum atomic E-state index is 11.5. The highest BCUT2D eigenvalue weighted by Crippen LogP contribution is 2.30. The summed E-state index contributed by atoms with van der Waals surface area (Å²) in [6, 6.07) is 6.99. The minimum Gasteiger partial charge on any atom is -0.507 e. The fraction of sp³-hybridized carbons (Fsp3) is 0.250. The van der Waals surface area contributed by atoms with E-state index in [0.29, 0.717) is 11.3 Å². The fourth-order valence-corrected chi connectivity index (χ4v) is 1.53. The monoisotopic (exact) mass is 220 g/mol. The van der Waals surface area contributed by atoms with E-state index >= 15 is 0 Å². The van der Waals surface area contributed by atoms with Crippen LogP contribution in [0.25, 0.3) is 5.76 Å². The van der Waals surface area contributed by atoms with Crippen LogP contribution >= 0.6 is 0 Å². The third kappa shape index (κ3) is 1.86. The Morgan fingerprint density at radius 3 is 3.00 bits per heavy atom. The molecule has 0 saturated carbocycles. The van der Waals surface area contributed by atoms with Crippen LogP contribution in [-0.2, 0) is 9.53 Å². The Kier molecular flexibility index (Phi) is 2.81. The van der Waals surface area contributed by atoms with Gasteiger partial charge in [-0.1, -0.05) is 12.1 Å². The molecule has 0 saturated heterocycles. The van der Waals surface area contributed by atoms with E-state index in [1.165, 1.54) is 6.08 Å². The van der Waals surface area contributed by atoms with Crippen LogP contribution in [0.15, 0.2) is 30.3 Å². The van der Waals surface area contributed by atoms with Gasteiger partial charge >= 0.3 is 5.97 Å². The molecule has 1 atom stereocenters. The van der Waals surface area contributed by atoms with E-state index in [4.69, 9.17) is 9.47 Å². The quantitative estimate of drug-likeness (QED) is 0.773. The molecule has 1 aromatic carbocycles. The standard InChI is InChI=1S/C12H12O4/c1-2-15-12(14)11-7-9(13)8-5-3-4-6-10(8)16-11/h3-7,11,13H,2H2,1H3. The first-order chi connectivity index (χ1) is 7.72. The number of hydrogen-bond donors (Lipinski definition) is 1. The highest BCUT2D eigenvalue weighted by molar-refractivity contribution is 5.82. The molecule has 1 heterocycles. The van der Waals surface area contributed by atoms with E-state index in [1.807, 2.05) is 0 Å². The number of carbonyl (C=O) groups excluding carboxylic acids is 1. The number of esters is 1. The van der Waals surface area contributed by atoms with E-state index in [-0.39, 0.29) is 12.4 Å². The second-order valence-electron chi connectivity index (χ2n) is 3.34. The molecule has 0 spiro atoms. The largest absolute Gasteiger partial charge is 0.507 e. The van der Waals surface area contributed by atoms with E-state index in [9.17, 15) is 9.90 Å². The van der Waals surface area contributed by atoms with E-state index < -0.39 is 12.1 Å². The lowest BCUT2D eigenvalue weighted by molar-refractivity contribution is -0.149. The van der Waals surface area contributed by atoms with Crippen molar-refractivity contribution in [1.29, 1.82) is 0 Å². The molecule has 0 bridgehead atoms. The molecular weight excluding hydrogens is 208 g/mol. The van der Waals surface area contributed by atoms with Crippen molar-refractivity contribution in [1.82, 2.24) is 0 Å². The first-order valence-electron chi connectivity index (χ1n) is 5.06. The first-order valence-corrected chi connectivity index (χ1v) is 5.06. The SMILES string of the molecule is CCOC(=O)C1C=C(O)c2ccccc2O1. The van der Waals surface area contributed by atoms with Crippen molar-refractivity contribution in [2.45, 2.75) is 13.0 Å². The molecule has 0 aromatic heterocycles. The lowest BCUT2D eigenvalue weighted by Crippen LogP contribution is -2.30. The molecule has 0 fully saturated rings. The Morgan fingerprint density at radius 1 is 1.50 bits per heavy atom. The predicted molar refractivity (Wildman–Crippen MR) is 58.1 cm³/mol. The second kappa shape index (κ2) is 4.26. The zero-order valence-electron chi connectivity index (χ0n) is 8.84. The van der Waals surface area contributed by atoms with Crippen LogP contribution < -0.4 is 4.74 Å². The van der Waals surface area contributed by atoms with Gasteiger partial charge in [0.25, 0.3) is 0 Å². The first kappa shape index (κ1) is 10.5. The number of ether oxygens (including phenoxy) is 2. The molecule has 0 aliphatic carbocycles. The summed E-state index contributed by atoms with van der Waals surface area (Å²) in [5.41, 5.74) is 0.586. The van der Waals surface area contributed by atoms with Gasteiger partial charge in [0.2, 0.25) is 6.10 Å². The maximum absolute atomic E-state index is 11.5. The Bertz CT molecular complexity index is 436. The molecule has 1 unspecified atom stereocenters. The van der Waals surface area contributed by atoms with Crippen LogP contribution in [-0.4, -0.2) is 23.8 Å². The summed E-state index contributed by atoms with van der Waals surface area (Å²) in [6.07, 6.45) is 0.482. The van der Waals surface area contributed by atoms with Gasteiger partial charge in [0.1, 0.15) is 11.5 Å². The van der Waals surface area contributed by atoms with Crippen molar-refractivity contribution in [3.05, 3.63) is 35.9 Å². The molecule has 1 aliphatic heterocycles. The van der Waals surface area contributed by atoms with Crippen LogP contribution in [0.5, 0.6) is 5.75 Å². The zero-order valence-corrected chi connectivity index (χ0v) is 8.84. The fourth-order valence-electron chi connectivity index (χ4n) is 1.53. The summed E-state index contributed by atoms with van der Waals surface area (Å²) in [7, 11) is 0. The average molecular weight is 220 g/mol. The Balaban J connectivity index is 2.26. The molecule has 2 rings (SSSR count). The Labute approximate surface area is 93.1 Å². The Morgan fingerprint density at radius 2 is 2.25 bits per heavy atom. The van der Waals surface area contributed by atoms with Crippen molar-refractivity contribution in [2.24, 2.45) is 0 Å². The number of fused-ring (bicyclic) bond motifs is 1. The van der Waals surface area contributed by atoms with Crippen LogP contribution in [0, 0.1) is 0 Å². The van der Waals surface area contributed by atoms with Crippen LogP contribution in [0.3, 0.4) is 0 Å². The van der Waals surface area contributed by atoms with Gasteiger partial charge in [-0.05, 0) is 19.1 Å². The lowest BCUT2D eigenvalue weighted by Gasteiger charge is -2.21. The summed E-state index contributed by atoms with van der Waals surface area (Å²) in [5, 5.41) is 9.72. The summed E-state index contributed by atoms with van der Waals surface area (Å²) < 4.78 is 10.2. The number of aliphatic hydroxyl groups excluding tert-OH is 1. The van der Waals surface area contributed by atoms with Gasteiger partial charge < -0.3 is 14.6 Å². The number of benzene rings is 1. The average Bonchev–Trinajstić information content (AvgIpc) is 2.29. The van der Waals surface area contributed by atoms with Crippen molar-refractivity contribution in [3.8, 4) is 5.75 Å². The molecule has 16 heavy (non-hydrogen) atoms. The summed E-state index contributed by atoms with van der Waals surface area (Å²) in [5.74, 6) is 0.0315. The van der Waals surface area contributed by atoms with E-state index in [2.05, 4.69) is 0 Å². The molecule has 0 amide bonds. The van der Waals surface area contributed by atoms with Crippen molar-refractivity contribution in [3.63, 3.8) is 0 Å². The normalized spacial score (nSPS) is 18.1. The maximum Gasteiger partial charge on any atom is 0.351 e. The molecule has 84 valence electrons. The van der Waals surface area contributed by atoms with Gasteiger partial charge in [-0.3, -0.25) is 0 Å². The van der Waals surface area contributed by atoms with Crippen LogP contribution in [0.4, 0.5) is 0 Å². The van der Waals surface area contributed by atoms with Crippen molar-refractivity contribution < 1.29 is 19.4 Å². The number of para-hydroxylation sites is 1. The second-order valence-corrected chi connectivity index (χ2v) is 3.34. The highest BCUT2D eigenvalue weighted by atomic mass is 16.6. The molecular formula is C12H12O4. The third-order valence-corrected chi connectivity index (χ3v) is 2.25.